The number of aromatic nitrogens is 1. The van der Waals surface area contributed by atoms with Gasteiger partial charge in [-0.2, -0.15) is 0 Å². The zero-order valence-electron chi connectivity index (χ0n) is 17.3. The van der Waals surface area contributed by atoms with E-state index < -0.39 is 0 Å². The Labute approximate surface area is 171 Å². The minimum Gasteiger partial charge on any atom is -0.368 e. The van der Waals surface area contributed by atoms with E-state index in [9.17, 15) is 9.59 Å². The smallest absolute Gasteiger partial charge is 0.242 e. The SMILES string of the molecule is Cc1ccc2c(c1)c(=O)ccn2CC(=O)N1CCN(c2cccc(C)c2C)CC1. The van der Waals surface area contributed by atoms with Gasteiger partial charge in [0, 0.05) is 49.5 Å². The second-order valence-corrected chi connectivity index (χ2v) is 7.92. The summed E-state index contributed by atoms with van der Waals surface area (Å²) in [6.45, 7) is 9.60. The van der Waals surface area contributed by atoms with Crippen molar-refractivity contribution >= 4 is 22.5 Å². The van der Waals surface area contributed by atoms with Crippen LogP contribution >= 0.6 is 0 Å². The van der Waals surface area contributed by atoms with Crippen LogP contribution in [0.4, 0.5) is 5.69 Å². The maximum atomic E-state index is 12.9. The largest absolute Gasteiger partial charge is 0.368 e. The summed E-state index contributed by atoms with van der Waals surface area (Å²) in [5.74, 6) is 0.0936. The molecule has 5 nitrogen and oxygen atoms in total. The van der Waals surface area contributed by atoms with Crippen molar-refractivity contribution in [1.82, 2.24) is 9.47 Å². The molecule has 0 radical (unpaired) electrons. The number of piperazine rings is 1. The van der Waals surface area contributed by atoms with Gasteiger partial charge < -0.3 is 14.4 Å². The molecule has 0 bridgehead atoms. The lowest BCUT2D eigenvalue weighted by Gasteiger charge is -2.37. The van der Waals surface area contributed by atoms with Crippen molar-refractivity contribution in [3.8, 4) is 0 Å². The molecule has 3 aromatic rings. The maximum absolute atomic E-state index is 12.9. The van der Waals surface area contributed by atoms with E-state index in [-0.39, 0.29) is 17.9 Å². The Morgan fingerprint density at radius 2 is 1.72 bits per heavy atom. The summed E-state index contributed by atoms with van der Waals surface area (Å²) in [6.07, 6.45) is 1.73. The van der Waals surface area contributed by atoms with E-state index in [0.717, 1.165) is 24.2 Å². The Balaban J connectivity index is 1.47. The fraction of sp³-hybridized carbons (Fsp3) is 0.333. The molecule has 1 aliphatic heterocycles. The van der Waals surface area contributed by atoms with Crippen LogP contribution in [0, 0.1) is 20.8 Å². The van der Waals surface area contributed by atoms with E-state index in [1.165, 1.54) is 16.8 Å². The summed E-state index contributed by atoms with van der Waals surface area (Å²) in [5.41, 5.74) is 5.71. The Morgan fingerprint density at radius 1 is 0.966 bits per heavy atom. The number of hydrogen-bond acceptors (Lipinski definition) is 3. The van der Waals surface area contributed by atoms with Gasteiger partial charge >= 0.3 is 0 Å². The first-order valence-electron chi connectivity index (χ1n) is 10.1. The van der Waals surface area contributed by atoms with Crippen molar-refractivity contribution in [2.24, 2.45) is 0 Å². The first-order chi connectivity index (χ1) is 13.9. The number of rotatable bonds is 3. The van der Waals surface area contributed by atoms with Crippen molar-refractivity contribution < 1.29 is 4.79 Å². The fourth-order valence-electron chi connectivity index (χ4n) is 4.08. The molecular formula is C24H27N3O2. The number of hydrogen-bond donors (Lipinski definition) is 0. The predicted octanol–water partition coefficient (Wildman–Crippen LogP) is 3.28. The molecule has 1 saturated heterocycles. The molecule has 1 fully saturated rings. The van der Waals surface area contributed by atoms with Gasteiger partial charge in [-0.15, -0.1) is 0 Å². The van der Waals surface area contributed by atoms with Crippen molar-refractivity contribution in [1.29, 1.82) is 0 Å². The van der Waals surface area contributed by atoms with Crippen LogP contribution in [0.5, 0.6) is 0 Å². The molecule has 0 unspecified atom stereocenters. The fourth-order valence-corrected chi connectivity index (χ4v) is 4.08. The van der Waals surface area contributed by atoms with Crippen LogP contribution in [0.1, 0.15) is 16.7 Å². The molecule has 0 aliphatic carbocycles. The lowest BCUT2D eigenvalue weighted by molar-refractivity contribution is -0.132. The molecule has 29 heavy (non-hydrogen) atoms. The molecule has 1 aromatic heterocycles. The number of benzene rings is 2. The molecule has 2 heterocycles. The molecular weight excluding hydrogens is 362 g/mol. The second-order valence-electron chi connectivity index (χ2n) is 7.92. The van der Waals surface area contributed by atoms with E-state index in [0.29, 0.717) is 18.5 Å². The number of fused-ring (bicyclic) bond motifs is 1. The molecule has 0 saturated carbocycles. The van der Waals surface area contributed by atoms with Gasteiger partial charge in [0.05, 0.1) is 5.52 Å². The number of carbonyl (C=O) groups excluding carboxylic acids is 1. The average molecular weight is 389 g/mol. The highest BCUT2D eigenvalue weighted by molar-refractivity contribution is 5.83. The Kier molecular flexibility index (Phi) is 5.14. The lowest BCUT2D eigenvalue weighted by Crippen LogP contribution is -2.49. The van der Waals surface area contributed by atoms with E-state index in [4.69, 9.17) is 0 Å². The molecule has 2 aromatic carbocycles. The van der Waals surface area contributed by atoms with Gasteiger partial charge in [0.2, 0.25) is 5.91 Å². The van der Waals surface area contributed by atoms with Crippen LogP contribution in [0.2, 0.25) is 0 Å². The third-order valence-corrected chi connectivity index (χ3v) is 5.99. The third-order valence-electron chi connectivity index (χ3n) is 5.99. The highest BCUT2D eigenvalue weighted by atomic mass is 16.2. The minimum atomic E-state index is -0.00506. The van der Waals surface area contributed by atoms with Crippen molar-refractivity contribution in [2.75, 3.05) is 31.1 Å². The lowest BCUT2D eigenvalue weighted by atomic mass is 10.1. The first-order valence-corrected chi connectivity index (χ1v) is 10.1. The van der Waals surface area contributed by atoms with Gasteiger partial charge in [0.15, 0.2) is 5.43 Å². The van der Waals surface area contributed by atoms with Gasteiger partial charge in [-0.3, -0.25) is 9.59 Å². The third kappa shape index (κ3) is 3.77. The maximum Gasteiger partial charge on any atom is 0.242 e. The Bertz CT molecular complexity index is 1120. The summed E-state index contributed by atoms with van der Waals surface area (Å²) >= 11 is 0. The van der Waals surface area contributed by atoms with E-state index in [2.05, 4.69) is 36.9 Å². The molecule has 4 rings (SSSR count). The highest BCUT2D eigenvalue weighted by Gasteiger charge is 2.22. The summed E-state index contributed by atoms with van der Waals surface area (Å²) in [7, 11) is 0. The molecule has 1 amide bonds. The predicted molar refractivity (Wildman–Crippen MR) is 118 cm³/mol. The highest BCUT2D eigenvalue weighted by Crippen LogP contribution is 2.24. The van der Waals surface area contributed by atoms with Gasteiger partial charge in [-0.05, 0) is 50.1 Å². The van der Waals surface area contributed by atoms with Crippen molar-refractivity contribution in [3.63, 3.8) is 0 Å². The Hall–Kier alpha value is -3.08. The van der Waals surface area contributed by atoms with Crippen LogP contribution < -0.4 is 10.3 Å². The summed E-state index contributed by atoms with van der Waals surface area (Å²) in [4.78, 5) is 29.4. The van der Waals surface area contributed by atoms with Crippen molar-refractivity contribution in [2.45, 2.75) is 27.3 Å². The molecule has 5 heteroatoms. The van der Waals surface area contributed by atoms with Crippen LogP contribution in [0.15, 0.2) is 53.5 Å². The number of nitrogens with zero attached hydrogens (tertiary/aromatic N) is 3. The van der Waals surface area contributed by atoms with Crippen molar-refractivity contribution in [3.05, 3.63) is 75.6 Å². The molecule has 0 N–H and O–H groups in total. The molecule has 0 spiro atoms. The first kappa shape index (κ1) is 19.2. The van der Waals surface area contributed by atoms with Crippen LogP contribution in [0.3, 0.4) is 0 Å². The van der Waals surface area contributed by atoms with Crippen LogP contribution in [0.25, 0.3) is 10.9 Å². The van der Waals surface area contributed by atoms with E-state index >= 15 is 0 Å². The number of pyridine rings is 1. The number of carbonyl (C=O) groups is 1. The zero-order chi connectivity index (χ0) is 20.5. The molecule has 150 valence electrons. The topological polar surface area (TPSA) is 45.6 Å². The molecule has 1 aliphatic rings. The zero-order valence-corrected chi connectivity index (χ0v) is 17.3. The summed E-state index contributed by atoms with van der Waals surface area (Å²) in [6, 6.07) is 13.7. The Morgan fingerprint density at radius 3 is 2.48 bits per heavy atom. The van der Waals surface area contributed by atoms with Crippen LogP contribution in [-0.2, 0) is 11.3 Å². The number of aryl methyl sites for hydroxylation is 2. The summed E-state index contributed by atoms with van der Waals surface area (Å²) < 4.78 is 1.88. The van der Waals surface area contributed by atoms with E-state index in [1.54, 1.807) is 12.3 Å². The number of amides is 1. The monoisotopic (exact) mass is 389 g/mol. The minimum absolute atomic E-state index is 0.00506. The van der Waals surface area contributed by atoms with Gasteiger partial charge in [0.1, 0.15) is 6.54 Å². The average Bonchev–Trinajstić information content (AvgIpc) is 2.72. The normalized spacial score (nSPS) is 14.4. The van der Waals surface area contributed by atoms with Gasteiger partial charge in [-0.25, -0.2) is 0 Å². The molecule has 0 atom stereocenters. The van der Waals surface area contributed by atoms with Crippen LogP contribution in [-0.4, -0.2) is 41.6 Å². The van der Waals surface area contributed by atoms with Gasteiger partial charge in [0.25, 0.3) is 0 Å². The standard InChI is InChI=1S/C24H27N3O2/c1-17-7-8-22-20(15-17)23(28)9-10-27(22)16-24(29)26-13-11-25(12-14-26)21-6-4-5-18(2)19(21)3/h4-10,15H,11-14,16H2,1-3H3. The summed E-state index contributed by atoms with van der Waals surface area (Å²) in [5, 5.41) is 0.667. The number of anilines is 1. The second kappa shape index (κ2) is 7.74. The quantitative estimate of drug-likeness (QED) is 0.691. The van der Waals surface area contributed by atoms with E-state index in [1.807, 2.05) is 34.6 Å². The van der Waals surface area contributed by atoms with Gasteiger partial charge in [-0.1, -0.05) is 23.8 Å².